The molecule has 0 N–H and O–H groups in total. The van der Waals surface area contributed by atoms with Gasteiger partial charge in [0.25, 0.3) is 6.47 Å². The molecule has 97 valence electrons. The standard InChI is InChI=1S/C12H16F3O2/c1-3-6-11(12(13,14)15)8-5-4-7-10(2)17-9-16/h2-3,9,11H,1,4-8H2/t11-/m0/s1. The van der Waals surface area contributed by atoms with Gasteiger partial charge >= 0.3 is 6.18 Å². The molecule has 0 aliphatic heterocycles. The van der Waals surface area contributed by atoms with Crippen molar-refractivity contribution in [3.63, 3.8) is 0 Å². The summed E-state index contributed by atoms with van der Waals surface area (Å²) in [5.74, 6) is -1.32. The molecule has 0 aromatic rings. The Balaban J connectivity index is 3.87. The molecule has 0 fully saturated rings. The lowest BCUT2D eigenvalue weighted by Gasteiger charge is -2.18. The number of ether oxygens (including phenoxy) is 1. The summed E-state index contributed by atoms with van der Waals surface area (Å²) in [6.45, 7) is 8.78. The normalized spacial score (nSPS) is 12.9. The first-order valence-corrected chi connectivity index (χ1v) is 5.31. The summed E-state index contributed by atoms with van der Waals surface area (Å²) in [6.07, 6.45) is -1.84. The van der Waals surface area contributed by atoms with Crippen molar-refractivity contribution in [1.82, 2.24) is 0 Å². The Kier molecular flexibility index (Phi) is 7.34. The van der Waals surface area contributed by atoms with Crippen LogP contribution in [-0.4, -0.2) is 12.6 Å². The Hall–Kier alpha value is -1.26. The van der Waals surface area contributed by atoms with Crippen molar-refractivity contribution >= 4 is 6.47 Å². The lowest BCUT2D eigenvalue weighted by atomic mass is 9.97. The van der Waals surface area contributed by atoms with Gasteiger partial charge in [0, 0.05) is 6.42 Å². The zero-order chi connectivity index (χ0) is 13.3. The molecule has 2 nitrogen and oxygen atoms in total. The first-order valence-electron chi connectivity index (χ1n) is 5.31. The minimum atomic E-state index is -4.19. The third-order valence-corrected chi connectivity index (χ3v) is 2.34. The topological polar surface area (TPSA) is 26.3 Å². The molecule has 0 spiro atoms. The number of rotatable bonds is 9. The Morgan fingerprint density at radius 2 is 2.06 bits per heavy atom. The van der Waals surface area contributed by atoms with Gasteiger partial charge in [0.15, 0.2) is 0 Å². The predicted molar refractivity (Wildman–Crippen MR) is 57.8 cm³/mol. The van der Waals surface area contributed by atoms with E-state index in [1.165, 1.54) is 6.08 Å². The fraction of sp³-hybridized carbons (Fsp3) is 0.583. The van der Waals surface area contributed by atoms with Gasteiger partial charge in [-0.1, -0.05) is 12.5 Å². The Morgan fingerprint density at radius 1 is 1.41 bits per heavy atom. The maximum Gasteiger partial charge on any atom is 0.392 e. The van der Waals surface area contributed by atoms with Gasteiger partial charge in [-0.15, -0.1) is 6.58 Å². The molecule has 0 bridgehead atoms. The van der Waals surface area contributed by atoms with Crippen LogP contribution in [0.15, 0.2) is 18.4 Å². The molecule has 0 rings (SSSR count). The Labute approximate surface area is 99.1 Å². The van der Waals surface area contributed by atoms with Gasteiger partial charge in [0.05, 0.1) is 5.92 Å². The Bertz CT molecular complexity index is 259. The third kappa shape index (κ3) is 7.60. The largest absolute Gasteiger partial charge is 0.433 e. The number of hydrogen-bond donors (Lipinski definition) is 0. The second-order valence-electron chi connectivity index (χ2n) is 3.69. The minimum absolute atomic E-state index is 0.0316. The van der Waals surface area contributed by atoms with Crippen molar-refractivity contribution in [2.24, 2.45) is 5.92 Å². The summed E-state index contributed by atoms with van der Waals surface area (Å²) in [7, 11) is 0. The molecular formula is C12H16F3O2. The highest BCUT2D eigenvalue weighted by Crippen LogP contribution is 2.33. The summed E-state index contributed by atoms with van der Waals surface area (Å²) in [6, 6.07) is 0. The first-order chi connectivity index (χ1) is 7.91. The number of unbranched alkanes of at least 4 members (excludes halogenated alkanes) is 1. The van der Waals surface area contributed by atoms with E-state index in [1.54, 1.807) is 0 Å². The molecule has 0 saturated carbocycles. The molecule has 0 aliphatic carbocycles. The zero-order valence-corrected chi connectivity index (χ0v) is 9.50. The number of carbonyl (C=O) groups is 1. The van der Waals surface area contributed by atoms with Gasteiger partial charge in [-0.25, -0.2) is 0 Å². The molecule has 0 unspecified atom stereocenters. The molecular weight excluding hydrogens is 233 g/mol. The van der Waals surface area contributed by atoms with Crippen LogP contribution in [0.25, 0.3) is 0 Å². The van der Waals surface area contributed by atoms with E-state index in [0.717, 1.165) is 0 Å². The monoisotopic (exact) mass is 249 g/mol. The number of alkyl halides is 3. The fourth-order valence-electron chi connectivity index (χ4n) is 1.43. The van der Waals surface area contributed by atoms with Crippen molar-refractivity contribution < 1.29 is 22.7 Å². The highest BCUT2D eigenvalue weighted by atomic mass is 19.4. The van der Waals surface area contributed by atoms with Crippen LogP contribution in [0.2, 0.25) is 0 Å². The summed E-state index contributed by atoms with van der Waals surface area (Å²) >= 11 is 0. The number of hydrogen-bond acceptors (Lipinski definition) is 2. The van der Waals surface area contributed by atoms with E-state index in [-0.39, 0.29) is 31.5 Å². The lowest BCUT2D eigenvalue weighted by Crippen LogP contribution is -2.22. The van der Waals surface area contributed by atoms with Crippen LogP contribution in [0.3, 0.4) is 0 Å². The number of carbonyl (C=O) groups excluding carboxylic acids is 1. The molecule has 17 heavy (non-hydrogen) atoms. The van der Waals surface area contributed by atoms with Crippen LogP contribution >= 0.6 is 0 Å². The summed E-state index contributed by atoms with van der Waals surface area (Å²) in [4.78, 5) is 9.89. The van der Waals surface area contributed by atoms with Gasteiger partial charge in [0.1, 0.15) is 5.76 Å². The predicted octanol–water partition coefficient (Wildman–Crippen LogP) is 3.79. The molecule has 0 saturated heterocycles. The molecule has 0 amide bonds. The van der Waals surface area contributed by atoms with Crippen LogP contribution < -0.4 is 0 Å². The number of allylic oxidation sites excluding steroid dienone is 2. The average Bonchev–Trinajstić information content (AvgIpc) is 2.21. The second kappa shape index (κ2) is 7.92. The lowest BCUT2D eigenvalue weighted by molar-refractivity contribution is -0.175. The number of halogens is 3. The second-order valence-corrected chi connectivity index (χ2v) is 3.69. The maximum absolute atomic E-state index is 12.5. The van der Waals surface area contributed by atoms with Crippen LogP contribution in [0.5, 0.6) is 0 Å². The van der Waals surface area contributed by atoms with Gasteiger partial charge < -0.3 is 4.74 Å². The average molecular weight is 249 g/mol. The smallest absolute Gasteiger partial charge is 0.392 e. The fourth-order valence-corrected chi connectivity index (χ4v) is 1.43. The van der Waals surface area contributed by atoms with Crippen molar-refractivity contribution in [3.8, 4) is 0 Å². The highest BCUT2D eigenvalue weighted by Gasteiger charge is 2.37. The van der Waals surface area contributed by atoms with Crippen LogP contribution in [0.1, 0.15) is 32.1 Å². The van der Waals surface area contributed by atoms with Crippen molar-refractivity contribution in [2.45, 2.75) is 38.3 Å². The maximum atomic E-state index is 12.5. The third-order valence-electron chi connectivity index (χ3n) is 2.34. The summed E-state index contributed by atoms with van der Waals surface area (Å²) in [5, 5.41) is 0. The first kappa shape index (κ1) is 15.7. The molecule has 0 aromatic carbocycles. The van der Waals surface area contributed by atoms with Crippen LogP contribution in [0, 0.1) is 12.5 Å². The van der Waals surface area contributed by atoms with E-state index >= 15 is 0 Å². The quantitative estimate of drug-likeness (QED) is 0.269. The minimum Gasteiger partial charge on any atom is -0.433 e. The molecule has 5 heteroatoms. The van der Waals surface area contributed by atoms with Gasteiger partial charge in [-0.3, -0.25) is 4.79 Å². The zero-order valence-electron chi connectivity index (χ0n) is 9.50. The van der Waals surface area contributed by atoms with E-state index < -0.39 is 12.1 Å². The van der Waals surface area contributed by atoms with Crippen molar-refractivity contribution in [2.75, 3.05) is 0 Å². The van der Waals surface area contributed by atoms with E-state index in [0.29, 0.717) is 12.8 Å². The summed E-state index contributed by atoms with van der Waals surface area (Å²) in [5.41, 5.74) is 0. The molecule has 0 aromatic heterocycles. The molecule has 1 atom stereocenters. The van der Waals surface area contributed by atoms with Crippen molar-refractivity contribution in [3.05, 3.63) is 25.0 Å². The van der Waals surface area contributed by atoms with E-state index in [4.69, 9.17) is 6.58 Å². The van der Waals surface area contributed by atoms with Gasteiger partial charge in [-0.2, -0.15) is 13.2 Å². The molecule has 1 radical (unpaired) electrons. The van der Waals surface area contributed by atoms with Gasteiger partial charge in [0.2, 0.25) is 0 Å². The van der Waals surface area contributed by atoms with Crippen molar-refractivity contribution in [1.29, 1.82) is 0 Å². The molecule has 0 aliphatic rings. The van der Waals surface area contributed by atoms with Crippen LogP contribution in [-0.2, 0) is 9.53 Å². The molecule has 0 heterocycles. The highest BCUT2D eigenvalue weighted by molar-refractivity contribution is 5.39. The van der Waals surface area contributed by atoms with E-state index in [1.807, 2.05) is 0 Å². The van der Waals surface area contributed by atoms with Crippen LogP contribution in [0.4, 0.5) is 13.2 Å². The van der Waals surface area contributed by atoms with Gasteiger partial charge in [-0.05, 0) is 25.8 Å². The SMILES string of the molecule is [CH]=C(CCCC[C@H](CC=C)C(F)(F)F)OC=O. The Morgan fingerprint density at radius 3 is 2.53 bits per heavy atom. The van der Waals surface area contributed by atoms with E-state index in [2.05, 4.69) is 11.3 Å². The van der Waals surface area contributed by atoms with E-state index in [9.17, 15) is 18.0 Å². The summed E-state index contributed by atoms with van der Waals surface area (Å²) < 4.78 is 41.7.